The van der Waals surface area contributed by atoms with Crippen LogP contribution in [0.3, 0.4) is 0 Å². The van der Waals surface area contributed by atoms with E-state index in [1.807, 2.05) is 48.3 Å². The summed E-state index contributed by atoms with van der Waals surface area (Å²) in [5.41, 5.74) is 1.82. The number of sulfone groups is 1. The molecule has 1 saturated heterocycles. The van der Waals surface area contributed by atoms with Crippen molar-refractivity contribution in [3.63, 3.8) is 0 Å². The first-order valence-electron chi connectivity index (χ1n) is 6.95. The average molecular weight is 306 g/mol. The van der Waals surface area contributed by atoms with E-state index in [0.29, 0.717) is 13.0 Å². The fourth-order valence-electron chi connectivity index (χ4n) is 2.63. The van der Waals surface area contributed by atoms with E-state index in [-0.39, 0.29) is 17.5 Å². The zero-order valence-electron chi connectivity index (χ0n) is 11.9. The van der Waals surface area contributed by atoms with E-state index < -0.39 is 9.84 Å². The molecule has 21 heavy (non-hydrogen) atoms. The lowest BCUT2D eigenvalue weighted by Gasteiger charge is -2.21. The molecule has 1 aliphatic rings. The maximum Gasteiger partial charge on any atom is 0.151 e. The number of hydrogen-bond acceptors (Lipinski definition) is 5. The molecular formula is C15H18N2O3S. The zero-order valence-corrected chi connectivity index (χ0v) is 12.7. The Morgan fingerprint density at radius 3 is 2.76 bits per heavy atom. The van der Waals surface area contributed by atoms with Crippen LogP contribution in [0.1, 0.15) is 12.2 Å². The van der Waals surface area contributed by atoms with Gasteiger partial charge in [-0.2, -0.15) is 0 Å². The van der Waals surface area contributed by atoms with Gasteiger partial charge in [-0.1, -0.05) is 35.5 Å². The van der Waals surface area contributed by atoms with Crippen molar-refractivity contribution in [1.82, 2.24) is 10.1 Å². The first-order chi connectivity index (χ1) is 10.0. The maximum atomic E-state index is 11.5. The molecule has 0 saturated carbocycles. The highest BCUT2D eigenvalue weighted by molar-refractivity contribution is 7.91. The third-order valence-electron chi connectivity index (χ3n) is 3.87. The Morgan fingerprint density at radius 2 is 2.10 bits per heavy atom. The number of rotatable bonds is 4. The largest absolute Gasteiger partial charge is 0.359 e. The molecule has 5 nitrogen and oxygen atoms in total. The lowest BCUT2D eigenvalue weighted by molar-refractivity contribution is 0.222. The van der Waals surface area contributed by atoms with Gasteiger partial charge in [0.2, 0.25) is 0 Å². The molecule has 0 aliphatic carbocycles. The second-order valence-electron chi connectivity index (χ2n) is 5.52. The molecule has 1 aliphatic heterocycles. The van der Waals surface area contributed by atoms with Crippen LogP contribution in [-0.4, -0.2) is 43.1 Å². The highest BCUT2D eigenvalue weighted by atomic mass is 32.2. The van der Waals surface area contributed by atoms with Gasteiger partial charge in [-0.3, -0.25) is 4.90 Å². The van der Waals surface area contributed by atoms with Gasteiger partial charge in [0, 0.05) is 17.7 Å². The highest BCUT2D eigenvalue weighted by Gasteiger charge is 2.30. The second kappa shape index (κ2) is 5.61. The first-order valence-corrected chi connectivity index (χ1v) is 8.77. The van der Waals surface area contributed by atoms with Crippen molar-refractivity contribution in [2.24, 2.45) is 0 Å². The van der Waals surface area contributed by atoms with Gasteiger partial charge < -0.3 is 4.52 Å². The van der Waals surface area contributed by atoms with Crippen molar-refractivity contribution < 1.29 is 12.9 Å². The maximum absolute atomic E-state index is 11.5. The molecule has 1 fully saturated rings. The van der Waals surface area contributed by atoms with Gasteiger partial charge in [-0.15, -0.1) is 0 Å². The van der Waals surface area contributed by atoms with Crippen LogP contribution in [0.2, 0.25) is 0 Å². The summed E-state index contributed by atoms with van der Waals surface area (Å²) in [7, 11) is -0.932. The van der Waals surface area contributed by atoms with Crippen LogP contribution in [0.15, 0.2) is 40.9 Å². The van der Waals surface area contributed by atoms with Crippen LogP contribution < -0.4 is 0 Å². The van der Waals surface area contributed by atoms with Crippen LogP contribution in [-0.2, 0) is 16.4 Å². The summed E-state index contributed by atoms with van der Waals surface area (Å²) in [5, 5.41) is 4.07. The summed E-state index contributed by atoms with van der Waals surface area (Å²) in [6, 6.07) is 11.8. The summed E-state index contributed by atoms with van der Waals surface area (Å²) < 4.78 is 28.4. The van der Waals surface area contributed by atoms with Crippen molar-refractivity contribution in [3.8, 4) is 11.3 Å². The lowest BCUT2D eigenvalue weighted by atomic mass is 10.1. The van der Waals surface area contributed by atoms with Gasteiger partial charge in [-0.25, -0.2) is 8.42 Å². The first kappa shape index (κ1) is 14.3. The molecule has 1 atom stereocenters. The van der Waals surface area contributed by atoms with Gasteiger partial charge in [-0.05, 0) is 13.5 Å². The van der Waals surface area contributed by atoms with E-state index in [9.17, 15) is 8.42 Å². The molecule has 0 N–H and O–H groups in total. The number of nitrogens with zero attached hydrogens (tertiary/aromatic N) is 2. The monoisotopic (exact) mass is 306 g/mol. The van der Waals surface area contributed by atoms with Crippen molar-refractivity contribution in [2.45, 2.75) is 19.0 Å². The molecule has 3 rings (SSSR count). The van der Waals surface area contributed by atoms with E-state index >= 15 is 0 Å². The smallest absolute Gasteiger partial charge is 0.151 e. The van der Waals surface area contributed by atoms with Crippen molar-refractivity contribution in [2.75, 3.05) is 18.6 Å². The molecule has 112 valence electrons. The standard InChI is InChI=1S/C15H18N2O3S/c1-17(13-7-8-21(18,19)11-13)10-14-9-15(16-20-14)12-5-3-2-4-6-12/h2-6,9,13H,7-8,10-11H2,1H3. The summed E-state index contributed by atoms with van der Waals surface area (Å²) >= 11 is 0. The molecule has 0 amide bonds. The molecule has 2 aromatic rings. The zero-order chi connectivity index (χ0) is 14.9. The van der Waals surface area contributed by atoms with E-state index in [2.05, 4.69) is 5.16 Å². The normalized spacial score (nSPS) is 21.0. The Hall–Kier alpha value is -1.66. The molecule has 1 aromatic heterocycles. The number of aromatic nitrogens is 1. The van der Waals surface area contributed by atoms with Gasteiger partial charge >= 0.3 is 0 Å². The molecular weight excluding hydrogens is 288 g/mol. The van der Waals surface area contributed by atoms with Crippen molar-refractivity contribution >= 4 is 9.84 Å². The van der Waals surface area contributed by atoms with E-state index in [0.717, 1.165) is 17.0 Å². The summed E-state index contributed by atoms with van der Waals surface area (Å²) in [6.07, 6.45) is 0.693. The van der Waals surface area contributed by atoms with E-state index in [1.165, 1.54) is 0 Å². The van der Waals surface area contributed by atoms with Crippen molar-refractivity contribution in [1.29, 1.82) is 0 Å². The topological polar surface area (TPSA) is 63.4 Å². The molecule has 0 radical (unpaired) electrons. The number of benzene rings is 1. The molecule has 2 heterocycles. The predicted molar refractivity (Wildman–Crippen MR) is 80.5 cm³/mol. The van der Waals surface area contributed by atoms with Crippen LogP contribution in [0.4, 0.5) is 0 Å². The van der Waals surface area contributed by atoms with Crippen LogP contribution in [0.25, 0.3) is 11.3 Å². The average Bonchev–Trinajstić information content (AvgIpc) is 3.06. The third kappa shape index (κ3) is 3.33. The minimum atomic E-state index is -2.86. The Bertz CT molecular complexity index is 710. The predicted octanol–water partition coefficient (Wildman–Crippen LogP) is 1.96. The Balaban J connectivity index is 1.68. The molecule has 1 aromatic carbocycles. The SMILES string of the molecule is CN(Cc1cc(-c2ccccc2)no1)C1CCS(=O)(=O)C1. The summed E-state index contributed by atoms with van der Waals surface area (Å²) in [6.45, 7) is 0.569. The van der Waals surface area contributed by atoms with Gasteiger partial charge in [0.15, 0.2) is 15.6 Å². The van der Waals surface area contributed by atoms with Crippen molar-refractivity contribution in [3.05, 3.63) is 42.2 Å². The molecule has 0 spiro atoms. The fourth-order valence-corrected chi connectivity index (χ4v) is 4.44. The van der Waals surface area contributed by atoms with Crippen LogP contribution >= 0.6 is 0 Å². The summed E-state index contributed by atoms with van der Waals surface area (Å²) in [4.78, 5) is 2.03. The Kier molecular flexibility index (Phi) is 3.82. The van der Waals surface area contributed by atoms with E-state index in [4.69, 9.17) is 4.52 Å². The minimum Gasteiger partial charge on any atom is -0.359 e. The second-order valence-corrected chi connectivity index (χ2v) is 7.75. The van der Waals surface area contributed by atoms with Gasteiger partial charge in [0.05, 0.1) is 18.1 Å². The van der Waals surface area contributed by atoms with E-state index in [1.54, 1.807) is 0 Å². The fraction of sp³-hybridized carbons (Fsp3) is 0.400. The van der Waals surface area contributed by atoms with Gasteiger partial charge in [0.25, 0.3) is 0 Å². The quantitative estimate of drug-likeness (QED) is 0.864. The Morgan fingerprint density at radius 1 is 1.33 bits per heavy atom. The van der Waals surface area contributed by atoms with Crippen LogP contribution in [0, 0.1) is 0 Å². The summed E-state index contributed by atoms with van der Waals surface area (Å²) in [5.74, 6) is 1.28. The van der Waals surface area contributed by atoms with Gasteiger partial charge in [0.1, 0.15) is 5.69 Å². The Labute approximate surface area is 124 Å². The third-order valence-corrected chi connectivity index (χ3v) is 5.62. The minimum absolute atomic E-state index is 0.0697. The number of hydrogen-bond donors (Lipinski definition) is 0. The molecule has 0 bridgehead atoms. The molecule has 1 unspecified atom stereocenters. The van der Waals surface area contributed by atoms with Crippen LogP contribution in [0.5, 0.6) is 0 Å². The highest BCUT2D eigenvalue weighted by Crippen LogP contribution is 2.22. The molecule has 6 heteroatoms. The lowest BCUT2D eigenvalue weighted by Crippen LogP contribution is -2.31.